The number of nitrogen functional groups attached to an aromatic ring is 1. The molecule has 0 atom stereocenters. The van der Waals surface area contributed by atoms with E-state index in [-0.39, 0.29) is 17.2 Å². The van der Waals surface area contributed by atoms with E-state index in [4.69, 9.17) is 11.5 Å². The second-order valence-corrected chi connectivity index (χ2v) is 3.51. The van der Waals surface area contributed by atoms with Crippen LogP contribution < -0.4 is 11.5 Å². The van der Waals surface area contributed by atoms with Crippen molar-refractivity contribution in [2.45, 2.75) is 0 Å². The lowest BCUT2D eigenvalue weighted by Crippen LogP contribution is -2.12. The second kappa shape index (κ2) is 4.17. The molecule has 1 amide bonds. The molecule has 1 aromatic carbocycles. The summed E-state index contributed by atoms with van der Waals surface area (Å²) in [6, 6.07) is 7.03. The van der Waals surface area contributed by atoms with Crippen LogP contribution >= 0.6 is 0 Å². The number of aromatic nitrogens is 2. The maximum atomic E-state index is 11.0. The normalized spacial score (nSPS) is 10.2. The van der Waals surface area contributed by atoms with Gasteiger partial charge in [-0.15, -0.1) is 0 Å². The molecular weight excluding hydrogens is 238 g/mol. The fraction of sp³-hybridized carbons (Fsp3) is 0. The zero-order valence-electron chi connectivity index (χ0n) is 9.11. The zero-order chi connectivity index (χ0) is 13.3. The number of hydrogen-bond donors (Lipinski definition) is 2. The van der Waals surface area contributed by atoms with Crippen LogP contribution in [0.5, 0.6) is 0 Å². The monoisotopic (exact) mass is 247 g/mol. The Bertz CT molecular complexity index is 634. The number of anilines is 1. The largest absolute Gasteiger partial charge is 0.384 e. The first-order valence-electron chi connectivity index (χ1n) is 4.89. The van der Waals surface area contributed by atoms with Crippen molar-refractivity contribution in [3.8, 4) is 5.69 Å². The van der Waals surface area contributed by atoms with E-state index in [2.05, 4.69) is 5.10 Å². The third-order valence-corrected chi connectivity index (χ3v) is 2.27. The predicted octanol–water partition coefficient (Wildman–Crippen LogP) is 0.462. The van der Waals surface area contributed by atoms with Crippen LogP contribution in [0.25, 0.3) is 5.69 Å². The van der Waals surface area contributed by atoms with Gasteiger partial charge in [-0.2, -0.15) is 5.10 Å². The summed E-state index contributed by atoms with van der Waals surface area (Å²) in [5.41, 5.74) is 11.0. The highest BCUT2D eigenvalue weighted by Gasteiger charge is 2.13. The molecule has 4 N–H and O–H groups in total. The highest BCUT2D eigenvalue weighted by molar-refractivity contribution is 5.91. The standard InChI is InChI=1S/C10H9N5O3/c11-9-5-8(10(12)16)13-14(9)6-2-1-3-7(4-6)15(17)18/h1-5H,11H2,(H2,12,16). The number of nitrogens with two attached hydrogens (primary N) is 2. The fourth-order valence-electron chi connectivity index (χ4n) is 1.46. The van der Waals surface area contributed by atoms with Crippen molar-refractivity contribution in [2.24, 2.45) is 5.73 Å². The highest BCUT2D eigenvalue weighted by atomic mass is 16.6. The minimum Gasteiger partial charge on any atom is -0.384 e. The molecule has 18 heavy (non-hydrogen) atoms. The minimum absolute atomic E-state index is 0.000920. The molecule has 8 nitrogen and oxygen atoms in total. The van der Waals surface area contributed by atoms with Crippen LogP contribution in [-0.4, -0.2) is 20.6 Å². The summed E-state index contributed by atoms with van der Waals surface area (Å²) in [4.78, 5) is 21.1. The summed E-state index contributed by atoms with van der Waals surface area (Å²) in [5.74, 6) is -0.546. The molecule has 0 saturated carbocycles. The van der Waals surface area contributed by atoms with Crippen molar-refractivity contribution in [1.29, 1.82) is 0 Å². The quantitative estimate of drug-likeness (QED) is 0.601. The van der Waals surface area contributed by atoms with Crippen LogP contribution in [0.1, 0.15) is 10.5 Å². The molecule has 0 fully saturated rings. The van der Waals surface area contributed by atoms with Crippen LogP contribution in [0.4, 0.5) is 11.5 Å². The van der Waals surface area contributed by atoms with Crippen molar-refractivity contribution in [1.82, 2.24) is 9.78 Å². The van der Waals surface area contributed by atoms with Crippen molar-refractivity contribution in [3.05, 3.63) is 46.1 Å². The SMILES string of the molecule is NC(=O)c1cc(N)n(-c2cccc([N+](=O)[O-])c2)n1. The molecule has 0 radical (unpaired) electrons. The van der Waals surface area contributed by atoms with E-state index in [9.17, 15) is 14.9 Å². The number of non-ortho nitro benzene ring substituents is 1. The lowest BCUT2D eigenvalue weighted by atomic mass is 10.3. The van der Waals surface area contributed by atoms with E-state index in [0.29, 0.717) is 5.69 Å². The maximum absolute atomic E-state index is 11.0. The number of carbonyl (C=O) groups excluding carboxylic acids is 1. The zero-order valence-corrected chi connectivity index (χ0v) is 9.11. The summed E-state index contributed by atoms with van der Waals surface area (Å²) < 4.78 is 1.22. The Balaban J connectivity index is 2.51. The number of amides is 1. The summed E-state index contributed by atoms with van der Waals surface area (Å²) in [6.45, 7) is 0. The summed E-state index contributed by atoms with van der Waals surface area (Å²) in [6.07, 6.45) is 0. The molecule has 0 saturated heterocycles. The van der Waals surface area contributed by atoms with E-state index in [1.807, 2.05) is 0 Å². The van der Waals surface area contributed by atoms with E-state index >= 15 is 0 Å². The number of nitro groups is 1. The molecule has 0 spiro atoms. The first kappa shape index (κ1) is 11.6. The smallest absolute Gasteiger partial charge is 0.271 e. The molecule has 0 aliphatic heterocycles. The number of nitro benzene ring substituents is 1. The van der Waals surface area contributed by atoms with E-state index in [1.54, 1.807) is 6.07 Å². The molecule has 1 aromatic heterocycles. The molecule has 2 aromatic rings. The van der Waals surface area contributed by atoms with Crippen molar-refractivity contribution in [2.75, 3.05) is 5.73 Å². The molecule has 8 heteroatoms. The fourth-order valence-corrected chi connectivity index (χ4v) is 1.46. The van der Waals surface area contributed by atoms with Gasteiger partial charge in [0.05, 0.1) is 10.6 Å². The van der Waals surface area contributed by atoms with Crippen molar-refractivity contribution < 1.29 is 9.72 Å². The third-order valence-electron chi connectivity index (χ3n) is 2.27. The summed E-state index contributed by atoms with van der Waals surface area (Å²) >= 11 is 0. The Labute approximate surface area is 101 Å². The Morgan fingerprint density at radius 1 is 1.39 bits per heavy atom. The topological polar surface area (TPSA) is 130 Å². The molecular formula is C10H9N5O3. The van der Waals surface area contributed by atoms with E-state index in [0.717, 1.165) is 0 Å². The number of carbonyl (C=O) groups is 1. The number of benzene rings is 1. The van der Waals surface area contributed by atoms with Gasteiger partial charge >= 0.3 is 0 Å². The average molecular weight is 247 g/mol. The molecule has 0 unspecified atom stereocenters. The highest BCUT2D eigenvalue weighted by Crippen LogP contribution is 2.19. The molecule has 0 aliphatic rings. The lowest BCUT2D eigenvalue weighted by molar-refractivity contribution is -0.384. The van der Waals surface area contributed by atoms with Crippen LogP contribution in [0.2, 0.25) is 0 Å². The number of rotatable bonds is 3. The van der Waals surface area contributed by atoms with E-state index in [1.165, 1.54) is 28.9 Å². The molecule has 0 bridgehead atoms. The molecule has 0 aliphatic carbocycles. The average Bonchev–Trinajstić information content (AvgIpc) is 2.72. The lowest BCUT2D eigenvalue weighted by Gasteiger charge is -2.02. The first-order valence-corrected chi connectivity index (χ1v) is 4.89. The van der Waals surface area contributed by atoms with Crippen LogP contribution in [-0.2, 0) is 0 Å². The molecule has 92 valence electrons. The number of primary amides is 1. The minimum atomic E-state index is -0.717. The van der Waals surface area contributed by atoms with Gasteiger partial charge in [0.25, 0.3) is 11.6 Å². The van der Waals surface area contributed by atoms with Gasteiger partial charge in [-0.3, -0.25) is 14.9 Å². The van der Waals surface area contributed by atoms with Crippen LogP contribution in [0.15, 0.2) is 30.3 Å². The van der Waals surface area contributed by atoms with Gasteiger partial charge in [0, 0.05) is 18.2 Å². The Morgan fingerprint density at radius 2 is 2.11 bits per heavy atom. The maximum Gasteiger partial charge on any atom is 0.271 e. The number of hydrogen-bond acceptors (Lipinski definition) is 5. The Kier molecular flexibility index (Phi) is 2.68. The molecule has 1 heterocycles. The Hall–Kier alpha value is -2.90. The second-order valence-electron chi connectivity index (χ2n) is 3.51. The Morgan fingerprint density at radius 3 is 2.67 bits per heavy atom. The van der Waals surface area contributed by atoms with Gasteiger partial charge in [-0.05, 0) is 6.07 Å². The van der Waals surface area contributed by atoms with Crippen LogP contribution in [0, 0.1) is 10.1 Å². The van der Waals surface area contributed by atoms with Crippen LogP contribution in [0.3, 0.4) is 0 Å². The van der Waals surface area contributed by atoms with Gasteiger partial charge in [0.15, 0.2) is 5.69 Å². The van der Waals surface area contributed by atoms with Gasteiger partial charge in [0.2, 0.25) is 0 Å². The summed E-state index contributed by atoms with van der Waals surface area (Å²) in [7, 11) is 0. The number of nitrogens with zero attached hydrogens (tertiary/aromatic N) is 3. The van der Waals surface area contributed by atoms with Gasteiger partial charge < -0.3 is 11.5 Å². The van der Waals surface area contributed by atoms with Gasteiger partial charge in [-0.1, -0.05) is 6.07 Å². The predicted molar refractivity (Wildman–Crippen MR) is 63.1 cm³/mol. The van der Waals surface area contributed by atoms with Crippen molar-refractivity contribution >= 4 is 17.4 Å². The third kappa shape index (κ3) is 1.98. The van der Waals surface area contributed by atoms with Crippen molar-refractivity contribution in [3.63, 3.8) is 0 Å². The van der Waals surface area contributed by atoms with E-state index < -0.39 is 10.8 Å². The van der Waals surface area contributed by atoms with Gasteiger partial charge in [-0.25, -0.2) is 4.68 Å². The summed E-state index contributed by atoms with van der Waals surface area (Å²) in [5, 5.41) is 14.5. The van der Waals surface area contributed by atoms with Gasteiger partial charge in [0.1, 0.15) is 5.82 Å². The first-order chi connectivity index (χ1) is 8.49. The molecule has 2 rings (SSSR count).